The summed E-state index contributed by atoms with van der Waals surface area (Å²) in [6, 6.07) is 16.2. The van der Waals surface area contributed by atoms with Crippen molar-refractivity contribution in [3.63, 3.8) is 0 Å². The van der Waals surface area contributed by atoms with Crippen LogP contribution in [0.4, 0.5) is 0 Å². The van der Waals surface area contributed by atoms with Gasteiger partial charge in [0.15, 0.2) is 0 Å². The van der Waals surface area contributed by atoms with E-state index < -0.39 is 0 Å². The van der Waals surface area contributed by atoms with Gasteiger partial charge in [0.2, 0.25) is 0 Å². The number of nitrogens with one attached hydrogen (secondary N) is 1. The predicted octanol–water partition coefficient (Wildman–Crippen LogP) is 4.13. The first kappa shape index (κ1) is 15.0. The van der Waals surface area contributed by atoms with E-state index >= 15 is 0 Å². The third-order valence-corrected chi connectivity index (χ3v) is 3.42. The van der Waals surface area contributed by atoms with Crippen LogP contribution in [-0.2, 0) is 11.3 Å². The maximum absolute atomic E-state index is 6.04. The Morgan fingerprint density at radius 3 is 2.55 bits per heavy atom. The van der Waals surface area contributed by atoms with Crippen LogP contribution in [-0.4, -0.2) is 13.6 Å². The zero-order valence-corrected chi connectivity index (χ0v) is 12.7. The van der Waals surface area contributed by atoms with Crippen molar-refractivity contribution >= 4 is 11.6 Å². The van der Waals surface area contributed by atoms with E-state index in [0.717, 1.165) is 17.1 Å². The Bertz CT molecular complexity index is 539. The lowest BCUT2D eigenvalue weighted by Crippen LogP contribution is -2.19. The number of aryl methyl sites for hydroxylation is 1. The summed E-state index contributed by atoms with van der Waals surface area (Å²) >= 11 is 5.89. The van der Waals surface area contributed by atoms with Crippen LogP contribution in [0.5, 0.6) is 0 Å². The van der Waals surface area contributed by atoms with E-state index in [1.165, 1.54) is 11.1 Å². The Morgan fingerprint density at radius 2 is 1.90 bits per heavy atom. The lowest BCUT2D eigenvalue weighted by atomic mass is 10.1. The Morgan fingerprint density at radius 1 is 1.15 bits per heavy atom. The SMILES string of the molecule is CNCC(OCc1ccc(Cl)cc1)c1cccc(C)c1. The number of halogens is 1. The molecular weight excluding hydrogens is 270 g/mol. The second kappa shape index (κ2) is 7.44. The molecule has 0 amide bonds. The molecule has 1 atom stereocenters. The van der Waals surface area contributed by atoms with E-state index in [2.05, 4.69) is 36.5 Å². The summed E-state index contributed by atoms with van der Waals surface area (Å²) in [5.74, 6) is 0. The standard InChI is InChI=1S/C17H20ClNO/c1-13-4-3-5-15(10-13)17(11-19-2)20-12-14-6-8-16(18)9-7-14/h3-10,17,19H,11-12H2,1-2H3. The molecule has 0 radical (unpaired) electrons. The molecule has 0 saturated heterocycles. The number of likely N-dealkylation sites (N-methyl/N-ethyl adjacent to an activating group) is 1. The molecule has 1 N–H and O–H groups in total. The summed E-state index contributed by atoms with van der Waals surface area (Å²) in [5, 5.41) is 3.93. The van der Waals surface area contributed by atoms with Gasteiger partial charge in [-0.25, -0.2) is 0 Å². The average molecular weight is 290 g/mol. The van der Waals surface area contributed by atoms with Crippen molar-refractivity contribution in [1.82, 2.24) is 5.32 Å². The van der Waals surface area contributed by atoms with Gasteiger partial charge in [0, 0.05) is 11.6 Å². The Hall–Kier alpha value is -1.35. The molecule has 0 heterocycles. The number of hydrogen-bond acceptors (Lipinski definition) is 2. The van der Waals surface area contributed by atoms with Crippen LogP contribution in [0.1, 0.15) is 22.8 Å². The first-order chi connectivity index (χ1) is 9.69. The monoisotopic (exact) mass is 289 g/mol. The van der Waals surface area contributed by atoms with Gasteiger partial charge in [0.1, 0.15) is 0 Å². The maximum atomic E-state index is 6.04. The van der Waals surface area contributed by atoms with Crippen molar-refractivity contribution in [3.8, 4) is 0 Å². The van der Waals surface area contributed by atoms with E-state index in [1.807, 2.05) is 31.3 Å². The van der Waals surface area contributed by atoms with Gasteiger partial charge >= 0.3 is 0 Å². The smallest absolute Gasteiger partial charge is 0.0953 e. The molecule has 0 saturated carbocycles. The summed E-state index contributed by atoms with van der Waals surface area (Å²) < 4.78 is 6.04. The van der Waals surface area contributed by atoms with Crippen LogP contribution >= 0.6 is 11.6 Å². The Kier molecular flexibility index (Phi) is 5.60. The van der Waals surface area contributed by atoms with Gasteiger partial charge in [-0.1, -0.05) is 53.6 Å². The Labute approximate surface area is 125 Å². The predicted molar refractivity (Wildman–Crippen MR) is 84.1 cm³/mol. The molecule has 0 aliphatic rings. The number of ether oxygens (including phenoxy) is 1. The highest BCUT2D eigenvalue weighted by molar-refractivity contribution is 6.30. The fourth-order valence-corrected chi connectivity index (χ4v) is 2.23. The summed E-state index contributed by atoms with van der Waals surface area (Å²) in [6.07, 6.45) is 0.0515. The molecule has 106 valence electrons. The van der Waals surface area contributed by atoms with Crippen molar-refractivity contribution in [2.75, 3.05) is 13.6 Å². The average Bonchev–Trinajstić information content (AvgIpc) is 2.45. The highest BCUT2D eigenvalue weighted by Gasteiger charge is 2.11. The van der Waals surface area contributed by atoms with Gasteiger partial charge < -0.3 is 10.1 Å². The molecule has 0 aliphatic heterocycles. The quantitative estimate of drug-likeness (QED) is 0.863. The van der Waals surface area contributed by atoms with Crippen molar-refractivity contribution < 1.29 is 4.74 Å². The number of benzene rings is 2. The molecule has 2 aromatic rings. The van der Waals surface area contributed by atoms with Gasteiger partial charge in [-0.05, 0) is 37.2 Å². The molecule has 20 heavy (non-hydrogen) atoms. The van der Waals surface area contributed by atoms with Crippen molar-refractivity contribution in [3.05, 3.63) is 70.2 Å². The van der Waals surface area contributed by atoms with E-state index in [4.69, 9.17) is 16.3 Å². The summed E-state index contributed by atoms with van der Waals surface area (Å²) in [6.45, 7) is 3.47. The first-order valence-corrected chi connectivity index (χ1v) is 7.14. The minimum absolute atomic E-state index is 0.0515. The number of hydrogen-bond donors (Lipinski definition) is 1. The second-order valence-corrected chi connectivity index (χ2v) is 5.33. The third kappa shape index (κ3) is 4.34. The summed E-state index contributed by atoms with van der Waals surface area (Å²) in [5.41, 5.74) is 3.58. The van der Waals surface area contributed by atoms with Gasteiger partial charge in [0.25, 0.3) is 0 Å². The van der Waals surface area contributed by atoms with Crippen molar-refractivity contribution in [1.29, 1.82) is 0 Å². The van der Waals surface area contributed by atoms with Crippen LogP contribution in [0.25, 0.3) is 0 Å². The topological polar surface area (TPSA) is 21.3 Å². The highest BCUT2D eigenvalue weighted by atomic mass is 35.5. The summed E-state index contributed by atoms with van der Waals surface area (Å²) in [4.78, 5) is 0. The lowest BCUT2D eigenvalue weighted by molar-refractivity contribution is 0.0410. The number of rotatable bonds is 6. The molecule has 3 heteroatoms. The van der Waals surface area contributed by atoms with Gasteiger partial charge in [-0.2, -0.15) is 0 Å². The normalized spacial score (nSPS) is 12.3. The largest absolute Gasteiger partial charge is 0.368 e. The lowest BCUT2D eigenvalue weighted by Gasteiger charge is -2.18. The minimum Gasteiger partial charge on any atom is -0.368 e. The molecule has 0 bridgehead atoms. The van der Waals surface area contributed by atoms with Crippen LogP contribution in [0.3, 0.4) is 0 Å². The van der Waals surface area contributed by atoms with Crippen LogP contribution in [0, 0.1) is 6.92 Å². The molecule has 0 aliphatic carbocycles. The fourth-order valence-electron chi connectivity index (χ4n) is 2.11. The Balaban J connectivity index is 2.04. The van der Waals surface area contributed by atoms with E-state index in [1.54, 1.807) is 0 Å². The van der Waals surface area contributed by atoms with E-state index in [0.29, 0.717) is 6.61 Å². The highest BCUT2D eigenvalue weighted by Crippen LogP contribution is 2.20. The van der Waals surface area contributed by atoms with Gasteiger partial charge in [-0.15, -0.1) is 0 Å². The third-order valence-electron chi connectivity index (χ3n) is 3.17. The van der Waals surface area contributed by atoms with Crippen molar-refractivity contribution in [2.45, 2.75) is 19.6 Å². The van der Waals surface area contributed by atoms with E-state index in [-0.39, 0.29) is 6.10 Å². The van der Waals surface area contributed by atoms with Gasteiger partial charge in [-0.3, -0.25) is 0 Å². The van der Waals surface area contributed by atoms with Crippen LogP contribution < -0.4 is 5.32 Å². The van der Waals surface area contributed by atoms with E-state index in [9.17, 15) is 0 Å². The molecule has 0 spiro atoms. The van der Waals surface area contributed by atoms with Crippen LogP contribution in [0.15, 0.2) is 48.5 Å². The van der Waals surface area contributed by atoms with Crippen LogP contribution in [0.2, 0.25) is 5.02 Å². The molecular formula is C17H20ClNO. The first-order valence-electron chi connectivity index (χ1n) is 6.76. The zero-order valence-electron chi connectivity index (χ0n) is 11.9. The molecule has 1 unspecified atom stereocenters. The van der Waals surface area contributed by atoms with Gasteiger partial charge in [0.05, 0.1) is 12.7 Å². The summed E-state index contributed by atoms with van der Waals surface area (Å²) in [7, 11) is 1.94. The molecule has 0 fully saturated rings. The second-order valence-electron chi connectivity index (χ2n) is 4.90. The fraction of sp³-hybridized carbons (Fsp3) is 0.294. The molecule has 2 rings (SSSR count). The zero-order chi connectivity index (χ0) is 14.4. The maximum Gasteiger partial charge on any atom is 0.0953 e. The minimum atomic E-state index is 0.0515. The molecule has 2 aromatic carbocycles. The molecule has 0 aromatic heterocycles. The van der Waals surface area contributed by atoms with Crippen molar-refractivity contribution in [2.24, 2.45) is 0 Å². The molecule has 2 nitrogen and oxygen atoms in total.